The fourth-order valence-corrected chi connectivity index (χ4v) is 1.85. The molecule has 12 heavy (non-hydrogen) atoms. The first-order valence-electron chi connectivity index (χ1n) is 4.89. The van der Waals surface area contributed by atoms with Crippen LogP contribution in [0.15, 0.2) is 0 Å². The molecule has 0 amide bonds. The van der Waals surface area contributed by atoms with E-state index in [1.165, 1.54) is 0 Å². The SMILES string of the molecule is CC(C)NC1CCOC(C)(C)C1. The highest BCUT2D eigenvalue weighted by Crippen LogP contribution is 2.23. The van der Waals surface area contributed by atoms with Crippen LogP contribution in [-0.4, -0.2) is 24.3 Å². The van der Waals surface area contributed by atoms with Crippen molar-refractivity contribution in [1.29, 1.82) is 0 Å². The van der Waals surface area contributed by atoms with Crippen molar-refractivity contribution >= 4 is 0 Å². The van der Waals surface area contributed by atoms with E-state index >= 15 is 0 Å². The monoisotopic (exact) mass is 171 g/mol. The summed E-state index contributed by atoms with van der Waals surface area (Å²) in [4.78, 5) is 0. The molecule has 0 aromatic rings. The van der Waals surface area contributed by atoms with Gasteiger partial charge in [-0.3, -0.25) is 0 Å². The lowest BCUT2D eigenvalue weighted by Gasteiger charge is -2.36. The van der Waals surface area contributed by atoms with Crippen LogP contribution in [0.4, 0.5) is 0 Å². The zero-order chi connectivity index (χ0) is 9.19. The highest BCUT2D eigenvalue weighted by atomic mass is 16.5. The summed E-state index contributed by atoms with van der Waals surface area (Å²) in [6.45, 7) is 9.63. The highest BCUT2D eigenvalue weighted by molar-refractivity contribution is 4.83. The molecule has 1 fully saturated rings. The maximum atomic E-state index is 5.64. The zero-order valence-corrected chi connectivity index (χ0v) is 8.68. The van der Waals surface area contributed by atoms with E-state index < -0.39 is 0 Å². The molecule has 0 bridgehead atoms. The van der Waals surface area contributed by atoms with Crippen molar-refractivity contribution in [3.63, 3.8) is 0 Å². The topological polar surface area (TPSA) is 21.3 Å². The van der Waals surface area contributed by atoms with Crippen molar-refractivity contribution in [3.05, 3.63) is 0 Å². The van der Waals surface area contributed by atoms with Gasteiger partial charge in [-0.15, -0.1) is 0 Å². The first kappa shape index (κ1) is 10.0. The summed E-state index contributed by atoms with van der Waals surface area (Å²) < 4.78 is 5.64. The maximum absolute atomic E-state index is 5.64. The third-order valence-electron chi connectivity index (χ3n) is 2.27. The van der Waals surface area contributed by atoms with Crippen LogP contribution in [0.3, 0.4) is 0 Å². The number of hydrogen-bond acceptors (Lipinski definition) is 2. The molecule has 2 nitrogen and oxygen atoms in total. The molecule has 2 heteroatoms. The molecule has 0 aromatic carbocycles. The van der Waals surface area contributed by atoms with E-state index in [2.05, 4.69) is 33.0 Å². The smallest absolute Gasteiger partial charge is 0.0641 e. The van der Waals surface area contributed by atoms with Crippen molar-refractivity contribution in [2.24, 2.45) is 0 Å². The molecule has 1 saturated heterocycles. The lowest BCUT2D eigenvalue weighted by Crippen LogP contribution is -2.45. The zero-order valence-electron chi connectivity index (χ0n) is 8.68. The van der Waals surface area contributed by atoms with Crippen LogP contribution >= 0.6 is 0 Å². The van der Waals surface area contributed by atoms with Gasteiger partial charge >= 0.3 is 0 Å². The maximum Gasteiger partial charge on any atom is 0.0641 e. The third kappa shape index (κ3) is 3.11. The van der Waals surface area contributed by atoms with Crippen LogP contribution in [0.25, 0.3) is 0 Å². The molecule has 0 radical (unpaired) electrons. The number of rotatable bonds is 2. The Morgan fingerprint density at radius 2 is 2.08 bits per heavy atom. The van der Waals surface area contributed by atoms with Crippen molar-refractivity contribution in [2.45, 2.75) is 58.2 Å². The van der Waals surface area contributed by atoms with Crippen LogP contribution < -0.4 is 5.32 Å². The van der Waals surface area contributed by atoms with Gasteiger partial charge in [0, 0.05) is 18.7 Å². The quantitative estimate of drug-likeness (QED) is 0.685. The second-order valence-corrected chi connectivity index (χ2v) is 4.62. The van der Waals surface area contributed by atoms with Crippen molar-refractivity contribution in [3.8, 4) is 0 Å². The fourth-order valence-electron chi connectivity index (χ4n) is 1.85. The molecule has 1 N–H and O–H groups in total. The van der Waals surface area contributed by atoms with Crippen LogP contribution in [0.1, 0.15) is 40.5 Å². The molecule has 1 heterocycles. The van der Waals surface area contributed by atoms with Crippen LogP contribution in [0, 0.1) is 0 Å². The Hall–Kier alpha value is -0.0800. The van der Waals surface area contributed by atoms with Crippen molar-refractivity contribution < 1.29 is 4.74 Å². The molecule has 0 aliphatic carbocycles. The molecular weight excluding hydrogens is 150 g/mol. The van der Waals surface area contributed by atoms with E-state index in [0.717, 1.165) is 19.4 Å². The van der Waals surface area contributed by atoms with Gasteiger partial charge in [-0.2, -0.15) is 0 Å². The molecule has 0 saturated carbocycles. The van der Waals surface area contributed by atoms with E-state index in [9.17, 15) is 0 Å². The van der Waals surface area contributed by atoms with E-state index in [4.69, 9.17) is 4.74 Å². The number of hydrogen-bond donors (Lipinski definition) is 1. The van der Waals surface area contributed by atoms with E-state index in [-0.39, 0.29) is 5.60 Å². The minimum absolute atomic E-state index is 0.0742. The first-order valence-corrected chi connectivity index (χ1v) is 4.89. The summed E-state index contributed by atoms with van der Waals surface area (Å²) in [6, 6.07) is 1.23. The summed E-state index contributed by atoms with van der Waals surface area (Å²) in [5.74, 6) is 0. The summed E-state index contributed by atoms with van der Waals surface area (Å²) in [6.07, 6.45) is 2.28. The fraction of sp³-hybridized carbons (Fsp3) is 1.00. The Morgan fingerprint density at radius 3 is 2.58 bits per heavy atom. The molecular formula is C10H21NO. The number of nitrogens with one attached hydrogen (secondary N) is 1. The normalized spacial score (nSPS) is 29.2. The van der Waals surface area contributed by atoms with Gasteiger partial charge in [0.05, 0.1) is 5.60 Å². The third-order valence-corrected chi connectivity index (χ3v) is 2.27. The summed E-state index contributed by atoms with van der Waals surface area (Å²) in [7, 11) is 0. The predicted molar refractivity (Wildman–Crippen MR) is 51.3 cm³/mol. The average Bonchev–Trinajstić information content (AvgIpc) is 1.82. The van der Waals surface area contributed by atoms with Crippen molar-refractivity contribution in [2.75, 3.05) is 6.61 Å². The van der Waals surface area contributed by atoms with Gasteiger partial charge in [0.25, 0.3) is 0 Å². The predicted octanol–water partition coefficient (Wildman–Crippen LogP) is 1.94. The standard InChI is InChI=1S/C10H21NO/c1-8(2)11-9-5-6-12-10(3,4)7-9/h8-9,11H,5-7H2,1-4H3. The van der Waals surface area contributed by atoms with Crippen LogP contribution in [-0.2, 0) is 4.74 Å². The lowest BCUT2D eigenvalue weighted by molar-refractivity contribution is -0.0637. The Labute approximate surface area is 75.7 Å². The van der Waals surface area contributed by atoms with Gasteiger partial charge in [-0.05, 0) is 26.7 Å². The lowest BCUT2D eigenvalue weighted by atomic mass is 9.93. The van der Waals surface area contributed by atoms with Gasteiger partial charge < -0.3 is 10.1 Å². The van der Waals surface area contributed by atoms with Crippen molar-refractivity contribution in [1.82, 2.24) is 5.32 Å². The minimum atomic E-state index is 0.0742. The molecule has 1 aliphatic rings. The van der Waals surface area contributed by atoms with Crippen LogP contribution in [0.2, 0.25) is 0 Å². The summed E-state index contributed by atoms with van der Waals surface area (Å²) >= 11 is 0. The summed E-state index contributed by atoms with van der Waals surface area (Å²) in [5.41, 5.74) is 0.0742. The Kier molecular flexibility index (Phi) is 3.13. The van der Waals surface area contributed by atoms with Gasteiger partial charge in [-0.1, -0.05) is 13.8 Å². The Morgan fingerprint density at radius 1 is 1.42 bits per heavy atom. The minimum Gasteiger partial charge on any atom is -0.375 e. The van der Waals surface area contributed by atoms with Gasteiger partial charge in [0.15, 0.2) is 0 Å². The van der Waals surface area contributed by atoms with E-state index in [0.29, 0.717) is 12.1 Å². The second kappa shape index (κ2) is 3.75. The summed E-state index contributed by atoms with van der Waals surface area (Å²) in [5, 5.41) is 3.56. The molecule has 1 aliphatic heterocycles. The molecule has 0 spiro atoms. The first-order chi connectivity index (χ1) is 5.49. The van der Waals surface area contributed by atoms with Gasteiger partial charge in [-0.25, -0.2) is 0 Å². The number of ether oxygens (including phenoxy) is 1. The Bertz CT molecular complexity index is 143. The average molecular weight is 171 g/mol. The van der Waals surface area contributed by atoms with E-state index in [1.54, 1.807) is 0 Å². The van der Waals surface area contributed by atoms with Crippen LogP contribution in [0.5, 0.6) is 0 Å². The molecule has 1 rings (SSSR count). The molecule has 1 atom stereocenters. The molecule has 72 valence electrons. The van der Waals surface area contributed by atoms with Gasteiger partial charge in [0.2, 0.25) is 0 Å². The second-order valence-electron chi connectivity index (χ2n) is 4.62. The molecule has 1 unspecified atom stereocenters. The van der Waals surface area contributed by atoms with E-state index in [1.807, 2.05) is 0 Å². The highest BCUT2D eigenvalue weighted by Gasteiger charge is 2.28. The van der Waals surface area contributed by atoms with Gasteiger partial charge in [0.1, 0.15) is 0 Å². The Balaban J connectivity index is 2.36. The molecule has 0 aromatic heterocycles. The largest absolute Gasteiger partial charge is 0.375 e.